The van der Waals surface area contributed by atoms with Gasteiger partial charge in [-0.1, -0.05) is 18.2 Å². The van der Waals surface area contributed by atoms with E-state index in [2.05, 4.69) is 10.6 Å². The van der Waals surface area contributed by atoms with Crippen molar-refractivity contribution in [3.8, 4) is 0 Å². The lowest BCUT2D eigenvalue weighted by Gasteiger charge is -2.34. The van der Waals surface area contributed by atoms with E-state index in [1.807, 2.05) is 54.6 Å². The Balaban J connectivity index is 1.64. The minimum absolute atomic E-state index is 0.0166. The molecule has 5 nitrogen and oxygen atoms in total. The molecule has 2 aromatic rings. The van der Waals surface area contributed by atoms with Crippen molar-refractivity contribution < 1.29 is 9.53 Å². The van der Waals surface area contributed by atoms with E-state index in [1.165, 1.54) is 0 Å². The Morgan fingerprint density at radius 1 is 0.958 bits per heavy atom. The van der Waals surface area contributed by atoms with Crippen LogP contribution in [0, 0.1) is 5.41 Å². The second-order valence-corrected chi connectivity index (χ2v) is 6.12. The van der Waals surface area contributed by atoms with E-state index in [4.69, 9.17) is 10.5 Å². The molecule has 5 heteroatoms. The van der Waals surface area contributed by atoms with Crippen molar-refractivity contribution in [3.63, 3.8) is 0 Å². The maximum Gasteiger partial charge on any atom is 0.232 e. The van der Waals surface area contributed by atoms with Crippen LogP contribution in [0.5, 0.6) is 0 Å². The van der Waals surface area contributed by atoms with Gasteiger partial charge in [-0.2, -0.15) is 0 Å². The number of rotatable bonds is 5. The summed E-state index contributed by atoms with van der Waals surface area (Å²) in [6.07, 6.45) is 1.34. The number of benzene rings is 2. The van der Waals surface area contributed by atoms with Gasteiger partial charge in [-0.05, 0) is 49.2 Å². The maximum absolute atomic E-state index is 12.6. The summed E-state index contributed by atoms with van der Waals surface area (Å²) in [6.45, 7) is 1.52. The van der Waals surface area contributed by atoms with E-state index >= 15 is 0 Å². The first-order chi connectivity index (χ1) is 11.7. The van der Waals surface area contributed by atoms with Crippen molar-refractivity contribution >= 4 is 23.0 Å². The third-order valence-corrected chi connectivity index (χ3v) is 4.53. The zero-order valence-corrected chi connectivity index (χ0v) is 13.6. The van der Waals surface area contributed by atoms with Crippen LogP contribution >= 0.6 is 0 Å². The summed E-state index contributed by atoms with van der Waals surface area (Å²) in [7, 11) is 0. The van der Waals surface area contributed by atoms with Gasteiger partial charge in [0.05, 0.1) is 5.41 Å². The highest BCUT2D eigenvalue weighted by atomic mass is 16.5. The number of ether oxygens (including phenoxy) is 1. The fourth-order valence-electron chi connectivity index (χ4n) is 2.87. The molecule has 1 amide bonds. The van der Waals surface area contributed by atoms with Crippen LogP contribution in [0.2, 0.25) is 0 Å². The van der Waals surface area contributed by atoms with Gasteiger partial charge in [0.1, 0.15) is 0 Å². The molecule has 0 aliphatic carbocycles. The van der Waals surface area contributed by atoms with Gasteiger partial charge >= 0.3 is 0 Å². The van der Waals surface area contributed by atoms with Crippen molar-refractivity contribution in [1.29, 1.82) is 0 Å². The topological polar surface area (TPSA) is 76.4 Å². The summed E-state index contributed by atoms with van der Waals surface area (Å²) >= 11 is 0. The first-order valence-corrected chi connectivity index (χ1v) is 8.23. The molecule has 3 rings (SSSR count). The van der Waals surface area contributed by atoms with Crippen molar-refractivity contribution in [2.45, 2.75) is 12.8 Å². The number of para-hydroxylation sites is 1. The van der Waals surface area contributed by atoms with E-state index in [-0.39, 0.29) is 5.91 Å². The van der Waals surface area contributed by atoms with Crippen LogP contribution in [-0.4, -0.2) is 25.7 Å². The molecular weight excluding hydrogens is 302 g/mol. The van der Waals surface area contributed by atoms with Crippen LogP contribution in [0.4, 0.5) is 17.1 Å². The number of amides is 1. The Hall–Kier alpha value is -2.37. The monoisotopic (exact) mass is 325 g/mol. The van der Waals surface area contributed by atoms with Gasteiger partial charge in [-0.15, -0.1) is 0 Å². The molecule has 1 aliphatic rings. The fraction of sp³-hybridized carbons (Fsp3) is 0.316. The lowest BCUT2D eigenvalue weighted by atomic mass is 9.79. The summed E-state index contributed by atoms with van der Waals surface area (Å²) in [6, 6.07) is 17.6. The molecule has 1 heterocycles. The normalized spacial score (nSPS) is 16.4. The molecule has 4 N–H and O–H groups in total. The number of anilines is 3. The fourth-order valence-corrected chi connectivity index (χ4v) is 2.87. The van der Waals surface area contributed by atoms with E-state index in [9.17, 15) is 4.79 Å². The van der Waals surface area contributed by atoms with Crippen molar-refractivity contribution in [2.75, 3.05) is 30.4 Å². The SMILES string of the molecule is NCC1(C(=O)Nc2ccc(Nc3ccccc3)cc2)CCOCC1. The van der Waals surface area contributed by atoms with Gasteiger partial charge in [-0.3, -0.25) is 4.79 Å². The van der Waals surface area contributed by atoms with E-state index in [0.717, 1.165) is 17.1 Å². The zero-order chi connectivity index (χ0) is 16.8. The molecule has 126 valence electrons. The summed E-state index contributed by atoms with van der Waals surface area (Å²) in [5.41, 5.74) is 8.14. The first-order valence-electron chi connectivity index (χ1n) is 8.23. The van der Waals surface area contributed by atoms with Crippen LogP contribution in [0.3, 0.4) is 0 Å². The van der Waals surface area contributed by atoms with Crippen LogP contribution in [-0.2, 0) is 9.53 Å². The van der Waals surface area contributed by atoms with Gasteiger partial charge in [-0.25, -0.2) is 0 Å². The number of hydrogen-bond acceptors (Lipinski definition) is 4. The number of nitrogens with one attached hydrogen (secondary N) is 2. The predicted octanol–water partition coefficient (Wildman–Crippen LogP) is 3.12. The number of carbonyl (C=O) groups is 1. The van der Waals surface area contributed by atoms with Crippen LogP contribution < -0.4 is 16.4 Å². The highest BCUT2D eigenvalue weighted by Gasteiger charge is 2.38. The molecule has 0 saturated carbocycles. The van der Waals surface area contributed by atoms with Crippen molar-refractivity contribution in [3.05, 3.63) is 54.6 Å². The van der Waals surface area contributed by atoms with Crippen LogP contribution in [0.25, 0.3) is 0 Å². The minimum Gasteiger partial charge on any atom is -0.381 e. The first kappa shape index (κ1) is 16.5. The van der Waals surface area contributed by atoms with Gasteiger partial charge in [0.2, 0.25) is 5.91 Å². The molecule has 1 saturated heterocycles. The molecule has 0 radical (unpaired) electrons. The molecule has 1 fully saturated rings. The van der Waals surface area contributed by atoms with E-state index in [1.54, 1.807) is 0 Å². The molecule has 0 bridgehead atoms. The summed E-state index contributed by atoms with van der Waals surface area (Å²) < 4.78 is 5.36. The number of carbonyl (C=O) groups excluding carboxylic acids is 1. The summed E-state index contributed by atoms with van der Waals surface area (Å²) in [5, 5.41) is 6.31. The molecule has 0 spiro atoms. The third-order valence-electron chi connectivity index (χ3n) is 4.53. The maximum atomic E-state index is 12.6. The standard InChI is InChI=1S/C19H23N3O2/c20-14-19(10-12-24-13-11-19)18(23)22-17-8-6-16(7-9-17)21-15-4-2-1-3-5-15/h1-9,21H,10-14,20H2,(H,22,23). The summed E-state index contributed by atoms with van der Waals surface area (Å²) in [4.78, 5) is 12.6. The number of hydrogen-bond donors (Lipinski definition) is 3. The lowest BCUT2D eigenvalue weighted by Crippen LogP contribution is -2.46. The second kappa shape index (κ2) is 7.47. The van der Waals surface area contributed by atoms with Crippen LogP contribution in [0.1, 0.15) is 12.8 Å². The summed E-state index contributed by atoms with van der Waals surface area (Å²) in [5.74, 6) is -0.0166. The molecule has 1 aliphatic heterocycles. The molecule has 24 heavy (non-hydrogen) atoms. The van der Waals surface area contributed by atoms with Crippen LogP contribution in [0.15, 0.2) is 54.6 Å². The van der Waals surface area contributed by atoms with Gasteiger partial charge in [0.25, 0.3) is 0 Å². The Labute approximate surface area is 142 Å². The highest BCUT2D eigenvalue weighted by molar-refractivity contribution is 5.95. The Kier molecular flexibility index (Phi) is 5.13. The largest absolute Gasteiger partial charge is 0.381 e. The Morgan fingerprint density at radius 3 is 2.17 bits per heavy atom. The van der Waals surface area contributed by atoms with Crippen molar-refractivity contribution in [2.24, 2.45) is 11.1 Å². The molecule has 0 unspecified atom stereocenters. The Bertz CT molecular complexity index is 665. The van der Waals surface area contributed by atoms with Gasteiger partial charge in [0.15, 0.2) is 0 Å². The van der Waals surface area contributed by atoms with E-state index < -0.39 is 5.41 Å². The second-order valence-electron chi connectivity index (χ2n) is 6.12. The lowest BCUT2D eigenvalue weighted by molar-refractivity contribution is -0.130. The number of nitrogens with two attached hydrogens (primary N) is 1. The highest BCUT2D eigenvalue weighted by Crippen LogP contribution is 2.31. The molecular formula is C19H23N3O2. The Morgan fingerprint density at radius 2 is 1.54 bits per heavy atom. The average molecular weight is 325 g/mol. The average Bonchev–Trinajstić information content (AvgIpc) is 2.64. The predicted molar refractivity (Wildman–Crippen MR) is 96.3 cm³/mol. The smallest absolute Gasteiger partial charge is 0.232 e. The van der Waals surface area contributed by atoms with E-state index in [0.29, 0.717) is 32.6 Å². The third kappa shape index (κ3) is 3.75. The minimum atomic E-state index is -0.515. The van der Waals surface area contributed by atoms with Gasteiger partial charge in [0, 0.05) is 36.8 Å². The zero-order valence-electron chi connectivity index (χ0n) is 13.6. The van der Waals surface area contributed by atoms with Gasteiger partial charge < -0.3 is 21.1 Å². The quantitative estimate of drug-likeness (QED) is 0.789. The molecule has 2 aromatic carbocycles. The molecule has 0 aromatic heterocycles. The van der Waals surface area contributed by atoms with Crippen molar-refractivity contribution in [1.82, 2.24) is 0 Å². The molecule has 0 atom stereocenters.